The summed E-state index contributed by atoms with van der Waals surface area (Å²) in [5.74, 6) is 0.230. The van der Waals surface area contributed by atoms with Gasteiger partial charge in [-0.3, -0.25) is 4.79 Å². The van der Waals surface area contributed by atoms with Crippen molar-refractivity contribution in [1.29, 1.82) is 0 Å². The van der Waals surface area contributed by atoms with Crippen LogP contribution in [0.1, 0.15) is 74.7 Å². The number of hydrogen-bond donors (Lipinski definition) is 2. The van der Waals surface area contributed by atoms with Gasteiger partial charge >= 0.3 is 5.97 Å². The minimum absolute atomic E-state index is 0.123. The monoisotopic (exact) mass is 540 g/mol. The second kappa shape index (κ2) is 12.0. The number of aliphatic imine (C=N–C) groups is 3. The summed E-state index contributed by atoms with van der Waals surface area (Å²) in [5.41, 5.74) is 14.2. The SMILES string of the molecule is CCC1=C(C)C2=CC3=NC(=C(C)/C3=C\O)C=C3NC(=C(C)C4=NC(=CC1=N2)C(C)=C4)CC3C.CCOC(=O)CC. The molecule has 40 heavy (non-hydrogen) atoms. The van der Waals surface area contributed by atoms with Crippen LogP contribution in [0, 0.1) is 5.92 Å². The lowest BCUT2D eigenvalue weighted by Crippen LogP contribution is -2.09. The molecule has 0 radical (unpaired) electrons. The van der Waals surface area contributed by atoms with E-state index in [1.165, 1.54) is 16.8 Å². The standard InChI is InChI=1S/C28H30N4O.C5H10O2/c1-7-19-16(4)26-12-28-20(13-33)17(5)25(32-28)10-21-14(2)8-23(29-21)18(6)24-9-15(3)22(30-24)11-27(19)31-26;1-3-5(6)7-4-2/h9-14,29,33H,7-8H2,1-6H3;3-4H2,1-2H3/b20-13+,21-10?,22-11?,23-18?,26-12?;. The summed E-state index contributed by atoms with van der Waals surface area (Å²) >= 11 is 0. The van der Waals surface area contributed by atoms with E-state index in [0.29, 0.717) is 18.9 Å². The summed E-state index contributed by atoms with van der Waals surface area (Å²) in [6, 6.07) is 0. The molecule has 5 aliphatic heterocycles. The quantitative estimate of drug-likeness (QED) is 0.291. The molecule has 0 spiro atoms. The number of hydrogen-bond acceptors (Lipinski definition) is 7. The van der Waals surface area contributed by atoms with Crippen LogP contribution in [0.2, 0.25) is 0 Å². The lowest BCUT2D eigenvalue weighted by molar-refractivity contribution is -0.142. The van der Waals surface area contributed by atoms with Gasteiger partial charge in [0.25, 0.3) is 0 Å². The van der Waals surface area contributed by atoms with Crippen molar-refractivity contribution in [3.8, 4) is 0 Å². The number of aliphatic hydroxyl groups excluding tert-OH is 1. The van der Waals surface area contributed by atoms with Gasteiger partial charge in [-0.05, 0) is 99.6 Å². The smallest absolute Gasteiger partial charge is 0.305 e. The van der Waals surface area contributed by atoms with Crippen LogP contribution >= 0.6 is 0 Å². The number of allylic oxidation sites excluding steroid dienone is 12. The first-order valence-corrected chi connectivity index (χ1v) is 14.1. The van der Waals surface area contributed by atoms with Crippen molar-refractivity contribution < 1.29 is 14.6 Å². The maximum Gasteiger partial charge on any atom is 0.305 e. The van der Waals surface area contributed by atoms with E-state index in [-0.39, 0.29) is 5.97 Å². The van der Waals surface area contributed by atoms with Crippen LogP contribution in [0.3, 0.4) is 0 Å². The fourth-order valence-corrected chi connectivity index (χ4v) is 5.23. The van der Waals surface area contributed by atoms with E-state index in [2.05, 4.69) is 62.9 Å². The average Bonchev–Trinajstić information content (AvgIpc) is 3.64. The Bertz CT molecular complexity index is 1480. The number of rotatable bonds is 3. The highest BCUT2D eigenvalue weighted by Gasteiger charge is 2.28. The molecular weight excluding hydrogens is 500 g/mol. The van der Waals surface area contributed by atoms with Crippen LogP contribution < -0.4 is 5.32 Å². The third kappa shape index (κ3) is 5.64. The van der Waals surface area contributed by atoms with Crippen molar-refractivity contribution in [1.82, 2.24) is 5.32 Å². The van der Waals surface area contributed by atoms with E-state index in [1.807, 2.05) is 13.0 Å². The first kappa shape index (κ1) is 29.0. The Labute approximate surface area is 237 Å². The number of aliphatic hydroxyl groups is 1. The van der Waals surface area contributed by atoms with Gasteiger partial charge in [0.15, 0.2) is 0 Å². The second-order valence-electron chi connectivity index (χ2n) is 10.5. The van der Waals surface area contributed by atoms with Gasteiger partial charge in [-0.25, -0.2) is 15.0 Å². The second-order valence-corrected chi connectivity index (χ2v) is 10.5. The maximum atomic E-state index is 10.2. The molecule has 0 aromatic heterocycles. The molecule has 2 N–H and O–H groups in total. The zero-order valence-electron chi connectivity index (χ0n) is 24.9. The summed E-state index contributed by atoms with van der Waals surface area (Å²) in [6.07, 6.45) is 11.9. The lowest BCUT2D eigenvalue weighted by Gasteiger charge is -2.07. The third-order valence-corrected chi connectivity index (χ3v) is 7.78. The van der Waals surface area contributed by atoms with Crippen molar-refractivity contribution in [3.63, 3.8) is 0 Å². The molecule has 7 heteroatoms. The highest BCUT2D eigenvalue weighted by Crippen LogP contribution is 2.36. The van der Waals surface area contributed by atoms with Gasteiger partial charge in [-0.15, -0.1) is 0 Å². The fourth-order valence-electron chi connectivity index (χ4n) is 5.23. The van der Waals surface area contributed by atoms with Crippen LogP contribution in [-0.2, 0) is 9.53 Å². The molecule has 0 aliphatic carbocycles. The van der Waals surface area contributed by atoms with Crippen LogP contribution in [0.4, 0.5) is 0 Å². The normalized spacial score (nSPS) is 22.6. The minimum Gasteiger partial charge on any atom is -0.515 e. The average molecular weight is 541 g/mol. The van der Waals surface area contributed by atoms with E-state index in [0.717, 1.165) is 81.3 Å². The Morgan fingerprint density at radius 3 is 2.27 bits per heavy atom. The molecule has 0 aromatic rings. The molecule has 5 heterocycles. The summed E-state index contributed by atoms with van der Waals surface area (Å²) in [6.45, 7) is 16.8. The highest BCUT2D eigenvalue weighted by molar-refractivity contribution is 6.18. The molecule has 1 saturated heterocycles. The van der Waals surface area contributed by atoms with Gasteiger partial charge in [0.05, 0.1) is 47.1 Å². The van der Waals surface area contributed by atoms with Gasteiger partial charge in [0, 0.05) is 29.3 Å². The van der Waals surface area contributed by atoms with Crippen LogP contribution in [0.15, 0.2) is 107 Å². The Kier molecular flexibility index (Phi) is 8.72. The molecule has 210 valence electrons. The molecule has 1 fully saturated rings. The predicted octanol–water partition coefficient (Wildman–Crippen LogP) is 7.27. The molecule has 5 rings (SSSR count). The first-order valence-electron chi connectivity index (χ1n) is 14.1. The van der Waals surface area contributed by atoms with E-state index >= 15 is 0 Å². The Morgan fingerprint density at radius 1 is 0.950 bits per heavy atom. The number of ether oxygens (including phenoxy) is 1. The third-order valence-electron chi connectivity index (χ3n) is 7.78. The number of nitrogens with zero attached hydrogens (tertiary/aromatic N) is 3. The van der Waals surface area contributed by atoms with Crippen LogP contribution in [0.25, 0.3) is 0 Å². The summed E-state index contributed by atoms with van der Waals surface area (Å²) in [5, 5.41) is 13.6. The van der Waals surface area contributed by atoms with Gasteiger partial charge in [-0.2, -0.15) is 0 Å². The van der Waals surface area contributed by atoms with Gasteiger partial charge in [-0.1, -0.05) is 20.8 Å². The number of esters is 1. The van der Waals surface area contributed by atoms with E-state index in [1.54, 1.807) is 13.8 Å². The molecule has 5 aliphatic rings. The molecule has 1 unspecified atom stereocenters. The number of nitrogens with one attached hydrogen (secondary N) is 1. The fraction of sp³-hybridized carbons (Fsp3) is 0.394. The van der Waals surface area contributed by atoms with Crippen molar-refractivity contribution >= 4 is 23.1 Å². The van der Waals surface area contributed by atoms with Crippen molar-refractivity contribution in [2.24, 2.45) is 20.9 Å². The largest absolute Gasteiger partial charge is 0.515 e. The number of carbonyl (C=O) groups is 1. The van der Waals surface area contributed by atoms with Gasteiger partial charge < -0.3 is 15.2 Å². The molecular formula is C33H40N4O3. The molecule has 7 nitrogen and oxygen atoms in total. The molecule has 8 bridgehead atoms. The number of carbonyl (C=O) groups excluding carboxylic acids is 1. The summed E-state index contributed by atoms with van der Waals surface area (Å²) < 4.78 is 4.55. The highest BCUT2D eigenvalue weighted by atomic mass is 16.5. The molecule has 1 atom stereocenters. The van der Waals surface area contributed by atoms with Crippen LogP contribution in [0.5, 0.6) is 0 Å². The Hall–Kier alpha value is -4.00. The molecule has 0 aromatic carbocycles. The summed E-state index contributed by atoms with van der Waals surface area (Å²) in [7, 11) is 0. The zero-order valence-corrected chi connectivity index (χ0v) is 24.9. The number of fused-ring (bicyclic) bond motifs is 5. The van der Waals surface area contributed by atoms with Crippen molar-refractivity contribution in [2.75, 3.05) is 6.61 Å². The van der Waals surface area contributed by atoms with Gasteiger partial charge in [0.1, 0.15) is 0 Å². The van der Waals surface area contributed by atoms with Gasteiger partial charge in [0.2, 0.25) is 0 Å². The summed E-state index contributed by atoms with van der Waals surface area (Å²) in [4.78, 5) is 25.0. The molecule has 0 saturated carbocycles. The first-order chi connectivity index (χ1) is 19.1. The van der Waals surface area contributed by atoms with Crippen LogP contribution in [-0.4, -0.2) is 34.8 Å². The Balaban J connectivity index is 0.000000470. The maximum absolute atomic E-state index is 10.2. The minimum atomic E-state index is -0.123. The zero-order chi connectivity index (χ0) is 29.1. The topological polar surface area (TPSA) is 95.6 Å². The molecule has 0 amide bonds. The predicted molar refractivity (Wildman–Crippen MR) is 163 cm³/mol. The van der Waals surface area contributed by atoms with Crippen molar-refractivity contribution in [3.05, 3.63) is 92.5 Å². The lowest BCUT2D eigenvalue weighted by atomic mass is 9.99. The van der Waals surface area contributed by atoms with E-state index < -0.39 is 0 Å². The van der Waals surface area contributed by atoms with E-state index in [4.69, 9.17) is 15.0 Å². The Morgan fingerprint density at radius 2 is 1.65 bits per heavy atom. The van der Waals surface area contributed by atoms with Crippen molar-refractivity contribution in [2.45, 2.75) is 74.7 Å². The van der Waals surface area contributed by atoms with E-state index in [9.17, 15) is 9.90 Å².